The van der Waals surface area contributed by atoms with Crippen molar-refractivity contribution in [2.24, 2.45) is 0 Å². The molecule has 0 bridgehead atoms. The van der Waals surface area contributed by atoms with E-state index in [1.165, 1.54) is 12.1 Å². The second kappa shape index (κ2) is 8.94. The number of anilines is 1. The summed E-state index contributed by atoms with van der Waals surface area (Å²) in [6.45, 7) is 0. The Balaban J connectivity index is 1.54. The van der Waals surface area contributed by atoms with E-state index >= 15 is 0 Å². The van der Waals surface area contributed by atoms with Gasteiger partial charge in [0.2, 0.25) is 0 Å². The highest BCUT2D eigenvalue weighted by Gasteiger charge is 2.34. The van der Waals surface area contributed by atoms with Crippen LogP contribution in [0.2, 0.25) is 5.02 Å². The predicted octanol–water partition coefficient (Wildman–Crippen LogP) is 6.20. The number of fused-ring (bicyclic) bond motifs is 1. The molecule has 1 aliphatic carbocycles. The Hall–Kier alpha value is -2.87. The Morgan fingerprint density at radius 1 is 1.06 bits per heavy atom. The Morgan fingerprint density at radius 2 is 1.81 bits per heavy atom. The van der Waals surface area contributed by atoms with Gasteiger partial charge < -0.3 is 10.6 Å². The number of amides is 1. The lowest BCUT2D eigenvalue weighted by molar-refractivity contribution is -0.140. The first-order valence-electron chi connectivity index (χ1n) is 10.2. The Kier molecular flexibility index (Phi) is 6.24. The van der Waals surface area contributed by atoms with Crippen molar-refractivity contribution in [1.29, 1.82) is 0 Å². The maximum Gasteiger partial charge on any atom is 0.433 e. The molecule has 2 aromatic carbocycles. The van der Waals surface area contributed by atoms with Crippen LogP contribution in [0.15, 0.2) is 48.5 Å². The van der Waals surface area contributed by atoms with Gasteiger partial charge >= 0.3 is 6.18 Å². The van der Waals surface area contributed by atoms with E-state index in [0.717, 1.165) is 25.0 Å². The molecule has 0 saturated heterocycles. The van der Waals surface area contributed by atoms with Gasteiger partial charge in [-0.05, 0) is 62.1 Å². The summed E-state index contributed by atoms with van der Waals surface area (Å²) in [5.74, 6) is -0.854. The number of nitrogens with one attached hydrogen (secondary N) is 2. The van der Waals surface area contributed by atoms with Crippen LogP contribution < -0.4 is 10.6 Å². The molecule has 1 amide bonds. The summed E-state index contributed by atoms with van der Waals surface area (Å²) in [6.07, 6.45) is -1.89. The van der Waals surface area contributed by atoms with Gasteiger partial charge in [0.25, 0.3) is 5.91 Å². The van der Waals surface area contributed by atoms with E-state index in [2.05, 4.69) is 15.6 Å². The van der Waals surface area contributed by atoms with Gasteiger partial charge in [0.1, 0.15) is 11.5 Å². The standard InChI is InChI=1S/C23H20ClF4N3O/c24-18-7-2-1-6-16(18)22(32)30-15-5-3-4-14(11-15)29-20-12-21(23(26,27)28)31-19-9-8-13(25)10-17(19)20/h1-2,6-10,12,14-15H,3-5,11H2,(H,29,31)(H,30,32)/t14-,15+/m0/s1. The lowest BCUT2D eigenvalue weighted by Crippen LogP contribution is -2.42. The van der Waals surface area contributed by atoms with Crippen molar-refractivity contribution in [1.82, 2.24) is 10.3 Å². The summed E-state index contributed by atoms with van der Waals surface area (Å²) in [6, 6.07) is 10.7. The summed E-state index contributed by atoms with van der Waals surface area (Å²) >= 11 is 6.09. The van der Waals surface area contributed by atoms with E-state index in [4.69, 9.17) is 11.6 Å². The van der Waals surface area contributed by atoms with Gasteiger partial charge in [-0.25, -0.2) is 9.37 Å². The van der Waals surface area contributed by atoms with E-state index in [9.17, 15) is 22.4 Å². The van der Waals surface area contributed by atoms with E-state index in [0.29, 0.717) is 23.4 Å². The Morgan fingerprint density at radius 3 is 2.56 bits per heavy atom. The molecule has 4 rings (SSSR count). The third kappa shape index (κ3) is 4.96. The quantitative estimate of drug-likeness (QED) is 0.451. The van der Waals surface area contributed by atoms with Gasteiger partial charge in [0, 0.05) is 23.2 Å². The van der Waals surface area contributed by atoms with Crippen LogP contribution in [-0.4, -0.2) is 23.0 Å². The molecular weight excluding hydrogens is 446 g/mol. The van der Waals surface area contributed by atoms with E-state index in [1.54, 1.807) is 24.3 Å². The minimum absolute atomic E-state index is 0.0584. The third-order valence-electron chi connectivity index (χ3n) is 5.55. The smallest absolute Gasteiger partial charge is 0.382 e. The molecule has 1 aliphatic rings. The first-order valence-corrected chi connectivity index (χ1v) is 10.6. The Labute approximate surface area is 187 Å². The molecule has 1 aromatic heterocycles. The van der Waals surface area contributed by atoms with E-state index in [1.807, 2.05) is 0 Å². The number of benzene rings is 2. The second-order valence-corrected chi connectivity index (χ2v) is 8.28. The topological polar surface area (TPSA) is 54.0 Å². The van der Waals surface area contributed by atoms with Crippen LogP contribution in [-0.2, 0) is 6.18 Å². The van der Waals surface area contributed by atoms with E-state index < -0.39 is 17.7 Å². The fourth-order valence-electron chi connectivity index (χ4n) is 4.04. The molecule has 1 saturated carbocycles. The van der Waals surface area contributed by atoms with Gasteiger partial charge in [-0.3, -0.25) is 4.79 Å². The zero-order valence-electron chi connectivity index (χ0n) is 16.8. The molecule has 0 unspecified atom stereocenters. The number of pyridine rings is 1. The molecule has 2 atom stereocenters. The molecule has 0 aliphatic heterocycles. The number of alkyl halides is 3. The van der Waals surface area contributed by atoms with Crippen molar-refractivity contribution < 1.29 is 22.4 Å². The van der Waals surface area contributed by atoms with Crippen LogP contribution in [0.25, 0.3) is 10.9 Å². The summed E-state index contributed by atoms with van der Waals surface area (Å²) in [4.78, 5) is 16.2. The Bertz CT molecular complexity index is 1150. The van der Waals surface area contributed by atoms with Crippen LogP contribution in [0.5, 0.6) is 0 Å². The maximum atomic E-state index is 13.8. The number of carbonyl (C=O) groups is 1. The molecule has 3 aromatic rings. The number of hydrogen-bond acceptors (Lipinski definition) is 3. The van der Waals surface area contributed by atoms with Crippen molar-refractivity contribution in [2.45, 2.75) is 43.9 Å². The van der Waals surface area contributed by atoms with Crippen molar-refractivity contribution in [3.05, 3.63) is 70.6 Å². The van der Waals surface area contributed by atoms with Crippen LogP contribution in [0.1, 0.15) is 41.7 Å². The van der Waals surface area contributed by atoms with Gasteiger partial charge in [0.05, 0.1) is 16.1 Å². The molecule has 168 valence electrons. The summed E-state index contributed by atoms with van der Waals surface area (Å²) in [7, 11) is 0. The average molecular weight is 466 g/mol. The minimum atomic E-state index is -4.63. The molecule has 32 heavy (non-hydrogen) atoms. The number of rotatable bonds is 4. The number of nitrogens with zero attached hydrogens (tertiary/aromatic N) is 1. The zero-order valence-corrected chi connectivity index (χ0v) is 17.6. The van der Waals surface area contributed by atoms with E-state index in [-0.39, 0.29) is 34.6 Å². The van der Waals surface area contributed by atoms with Gasteiger partial charge in [-0.2, -0.15) is 13.2 Å². The van der Waals surface area contributed by atoms with Crippen molar-refractivity contribution in [2.75, 3.05) is 5.32 Å². The lowest BCUT2D eigenvalue weighted by atomic mass is 9.90. The second-order valence-electron chi connectivity index (χ2n) is 7.87. The highest BCUT2D eigenvalue weighted by atomic mass is 35.5. The lowest BCUT2D eigenvalue weighted by Gasteiger charge is -2.31. The fourth-order valence-corrected chi connectivity index (χ4v) is 4.26. The number of aromatic nitrogens is 1. The molecule has 9 heteroatoms. The minimum Gasteiger partial charge on any atom is -0.382 e. The van der Waals surface area contributed by atoms with Crippen molar-refractivity contribution >= 4 is 34.1 Å². The predicted molar refractivity (Wildman–Crippen MR) is 115 cm³/mol. The first kappa shape index (κ1) is 22.3. The van der Waals surface area contributed by atoms with Crippen LogP contribution in [0, 0.1) is 5.82 Å². The van der Waals surface area contributed by atoms with Crippen molar-refractivity contribution in [3.8, 4) is 0 Å². The number of hydrogen-bond donors (Lipinski definition) is 2. The van der Waals surface area contributed by atoms with Gasteiger partial charge in [-0.15, -0.1) is 0 Å². The summed E-state index contributed by atoms with van der Waals surface area (Å²) < 4.78 is 53.8. The SMILES string of the molecule is O=C(N[C@@H]1CCC[C@H](Nc2cc(C(F)(F)F)nc3ccc(F)cc23)C1)c1ccccc1Cl. The average Bonchev–Trinajstić information content (AvgIpc) is 2.74. The molecule has 1 fully saturated rings. The number of carbonyl (C=O) groups excluding carboxylic acids is 1. The third-order valence-corrected chi connectivity index (χ3v) is 5.88. The van der Waals surface area contributed by atoms with Crippen LogP contribution in [0.4, 0.5) is 23.2 Å². The molecule has 1 heterocycles. The van der Waals surface area contributed by atoms with Gasteiger partial charge in [-0.1, -0.05) is 23.7 Å². The highest BCUT2D eigenvalue weighted by Crippen LogP contribution is 2.34. The molecule has 4 nitrogen and oxygen atoms in total. The van der Waals surface area contributed by atoms with Crippen LogP contribution >= 0.6 is 11.6 Å². The number of halogens is 5. The monoisotopic (exact) mass is 465 g/mol. The molecular formula is C23H20ClF4N3O. The summed E-state index contributed by atoms with van der Waals surface area (Å²) in [5, 5.41) is 6.72. The zero-order chi connectivity index (χ0) is 22.9. The molecule has 2 N–H and O–H groups in total. The first-order chi connectivity index (χ1) is 15.2. The van der Waals surface area contributed by atoms with Gasteiger partial charge in [0.15, 0.2) is 0 Å². The maximum absolute atomic E-state index is 13.8. The van der Waals surface area contributed by atoms with Crippen molar-refractivity contribution in [3.63, 3.8) is 0 Å². The largest absolute Gasteiger partial charge is 0.433 e. The summed E-state index contributed by atoms with van der Waals surface area (Å²) in [5.41, 5.74) is -0.443. The molecule has 0 spiro atoms. The fraction of sp³-hybridized carbons (Fsp3) is 0.304. The highest BCUT2D eigenvalue weighted by molar-refractivity contribution is 6.33. The normalized spacial score (nSPS) is 19.0. The van der Waals surface area contributed by atoms with Crippen LogP contribution in [0.3, 0.4) is 0 Å². The molecule has 0 radical (unpaired) electrons.